The zero-order valence-electron chi connectivity index (χ0n) is 7.01. The molecule has 0 aromatic rings. The zero-order valence-corrected chi connectivity index (χ0v) is 7.01. The number of methoxy groups -OCH3 is 1. The van der Waals surface area contributed by atoms with Crippen molar-refractivity contribution in [2.45, 2.75) is 27.1 Å². The van der Waals surface area contributed by atoms with Crippen molar-refractivity contribution in [2.24, 2.45) is 5.41 Å². The molecule has 3 heteroatoms. The minimum Gasteiger partial charge on any atom is -0.359 e. The van der Waals surface area contributed by atoms with Gasteiger partial charge < -0.3 is 9.47 Å². The molecular weight excluding hydrogens is 132 g/mol. The molecule has 0 rings (SSSR count). The Morgan fingerprint density at radius 3 is 2.20 bits per heavy atom. The number of ether oxygens (including phenoxy) is 2. The van der Waals surface area contributed by atoms with E-state index >= 15 is 0 Å². The van der Waals surface area contributed by atoms with Crippen molar-refractivity contribution in [3.8, 4) is 0 Å². The molecule has 1 atom stereocenters. The molecule has 0 heterocycles. The maximum atomic E-state index is 11.0. The van der Waals surface area contributed by atoms with Crippen LogP contribution in [0.25, 0.3) is 0 Å². The second-order valence-electron chi connectivity index (χ2n) is 3.27. The third-order valence-corrected chi connectivity index (χ3v) is 1.04. The molecule has 61 valence electrons. The van der Waals surface area contributed by atoms with Crippen molar-refractivity contribution in [3.05, 3.63) is 0 Å². The van der Waals surface area contributed by atoms with Crippen LogP contribution in [0.3, 0.4) is 0 Å². The van der Waals surface area contributed by atoms with E-state index < -0.39 is 6.29 Å². The van der Waals surface area contributed by atoms with E-state index in [1.807, 2.05) is 20.8 Å². The Hall–Kier alpha value is -0.120. The molecule has 0 aliphatic carbocycles. The molecule has 0 spiro atoms. The van der Waals surface area contributed by atoms with Crippen molar-refractivity contribution >= 4 is 0 Å². The fraction of sp³-hybridized carbons (Fsp3) is 1.00. The van der Waals surface area contributed by atoms with Crippen molar-refractivity contribution < 1.29 is 14.6 Å². The fourth-order valence-corrected chi connectivity index (χ4v) is 0.380. The van der Waals surface area contributed by atoms with Crippen LogP contribution in [0, 0.1) is 5.41 Å². The predicted octanol–water partition coefficient (Wildman–Crippen LogP) is 1.41. The van der Waals surface area contributed by atoms with E-state index in [1.165, 1.54) is 7.11 Å². The second-order valence-corrected chi connectivity index (χ2v) is 3.27. The van der Waals surface area contributed by atoms with Gasteiger partial charge in [0.1, 0.15) is 6.79 Å². The molecule has 0 fully saturated rings. The Balaban J connectivity index is 3.52. The third kappa shape index (κ3) is 3.82. The summed E-state index contributed by atoms with van der Waals surface area (Å²) in [5.74, 6) is 0. The Morgan fingerprint density at radius 1 is 1.40 bits per heavy atom. The SMILES string of the molecule is COCOC([O])C(C)(C)C. The topological polar surface area (TPSA) is 38.4 Å². The highest BCUT2D eigenvalue weighted by atomic mass is 16.7. The molecule has 0 N–H and O–H groups in total. The van der Waals surface area contributed by atoms with Crippen LogP contribution in [0.5, 0.6) is 0 Å². The molecule has 1 radical (unpaired) electrons. The van der Waals surface area contributed by atoms with Gasteiger partial charge in [0, 0.05) is 12.5 Å². The summed E-state index contributed by atoms with van der Waals surface area (Å²) in [6.45, 7) is 5.58. The molecule has 0 saturated carbocycles. The van der Waals surface area contributed by atoms with Crippen LogP contribution < -0.4 is 0 Å². The number of rotatable bonds is 3. The molecule has 0 aromatic carbocycles. The van der Waals surface area contributed by atoms with Gasteiger partial charge in [-0.25, -0.2) is 5.11 Å². The van der Waals surface area contributed by atoms with Crippen LogP contribution in [-0.2, 0) is 14.6 Å². The van der Waals surface area contributed by atoms with E-state index in [0.717, 1.165) is 0 Å². The first-order chi connectivity index (χ1) is 4.48. The first-order valence-corrected chi connectivity index (χ1v) is 3.25. The van der Waals surface area contributed by atoms with E-state index in [9.17, 15) is 5.11 Å². The largest absolute Gasteiger partial charge is 0.359 e. The van der Waals surface area contributed by atoms with Gasteiger partial charge in [0.05, 0.1) is 0 Å². The Bertz CT molecular complexity index is 85.3. The summed E-state index contributed by atoms with van der Waals surface area (Å²) in [5.41, 5.74) is -0.349. The van der Waals surface area contributed by atoms with Gasteiger partial charge in [0.15, 0.2) is 6.29 Å². The summed E-state index contributed by atoms with van der Waals surface area (Å²) < 4.78 is 9.36. The Morgan fingerprint density at radius 2 is 1.90 bits per heavy atom. The van der Waals surface area contributed by atoms with Gasteiger partial charge >= 0.3 is 0 Å². The number of hydrogen-bond donors (Lipinski definition) is 0. The first kappa shape index (κ1) is 9.88. The van der Waals surface area contributed by atoms with Crippen molar-refractivity contribution in [2.75, 3.05) is 13.9 Å². The van der Waals surface area contributed by atoms with E-state index in [1.54, 1.807) is 0 Å². The summed E-state index contributed by atoms with van der Waals surface area (Å²) in [5, 5.41) is 11.0. The number of hydrogen-bond acceptors (Lipinski definition) is 2. The highest BCUT2D eigenvalue weighted by Gasteiger charge is 2.24. The van der Waals surface area contributed by atoms with Gasteiger partial charge in [-0.3, -0.25) is 0 Å². The van der Waals surface area contributed by atoms with Crippen LogP contribution in [0.2, 0.25) is 0 Å². The minimum absolute atomic E-state index is 0.0748. The van der Waals surface area contributed by atoms with Crippen LogP contribution in [0.1, 0.15) is 20.8 Å². The zero-order chi connectivity index (χ0) is 8.20. The molecule has 0 amide bonds. The maximum Gasteiger partial charge on any atom is 0.198 e. The molecule has 0 bridgehead atoms. The molecule has 10 heavy (non-hydrogen) atoms. The lowest BCUT2D eigenvalue weighted by Gasteiger charge is -2.22. The van der Waals surface area contributed by atoms with Gasteiger partial charge in [-0.15, -0.1) is 0 Å². The second kappa shape index (κ2) is 3.91. The van der Waals surface area contributed by atoms with Crippen LogP contribution in [0.4, 0.5) is 0 Å². The third-order valence-electron chi connectivity index (χ3n) is 1.04. The van der Waals surface area contributed by atoms with Gasteiger partial charge in [0.25, 0.3) is 0 Å². The lowest BCUT2D eigenvalue weighted by molar-refractivity contribution is -0.231. The van der Waals surface area contributed by atoms with Crippen LogP contribution >= 0.6 is 0 Å². The lowest BCUT2D eigenvalue weighted by Crippen LogP contribution is -2.28. The van der Waals surface area contributed by atoms with Crippen molar-refractivity contribution in [1.29, 1.82) is 0 Å². The highest BCUT2D eigenvalue weighted by Crippen LogP contribution is 2.19. The first-order valence-electron chi connectivity index (χ1n) is 3.25. The monoisotopic (exact) mass is 147 g/mol. The molecule has 3 nitrogen and oxygen atoms in total. The van der Waals surface area contributed by atoms with Crippen LogP contribution in [0.15, 0.2) is 0 Å². The van der Waals surface area contributed by atoms with E-state index in [0.29, 0.717) is 0 Å². The predicted molar refractivity (Wildman–Crippen MR) is 36.9 cm³/mol. The quantitative estimate of drug-likeness (QED) is 0.566. The summed E-state index contributed by atoms with van der Waals surface area (Å²) >= 11 is 0. The highest BCUT2D eigenvalue weighted by molar-refractivity contribution is 4.63. The molecule has 0 aliphatic rings. The summed E-state index contributed by atoms with van der Waals surface area (Å²) in [6.07, 6.45) is -1.01. The average molecular weight is 147 g/mol. The van der Waals surface area contributed by atoms with E-state index in [-0.39, 0.29) is 12.2 Å². The molecular formula is C7H15O3. The standard InChI is InChI=1S/C7H15O3/c1-7(2,3)6(8)10-5-9-4/h6H,5H2,1-4H3. The summed E-state index contributed by atoms with van der Waals surface area (Å²) in [7, 11) is 1.50. The summed E-state index contributed by atoms with van der Waals surface area (Å²) in [4.78, 5) is 0. The Kier molecular flexibility index (Phi) is 3.86. The van der Waals surface area contributed by atoms with Gasteiger partial charge in [0.2, 0.25) is 0 Å². The van der Waals surface area contributed by atoms with Gasteiger partial charge in [-0.05, 0) is 0 Å². The smallest absolute Gasteiger partial charge is 0.198 e. The van der Waals surface area contributed by atoms with Crippen molar-refractivity contribution in [3.63, 3.8) is 0 Å². The maximum absolute atomic E-state index is 11.0. The fourth-order valence-electron chi connectivity index (χ4n) is 0.380. The normalized spacial score (nSPS) is 15.3. The molecule has 0 saturated heterocycles. The molecule has 1 unspecified atom stereocenters. The van der Waals surface area contributed by atoms with Gasteiger partial charge in [-0.2, -0.15) is 0 Å². The minimum atomic E-state index is -1.01. The van der Waals surface area contributed by atoms with Gasteiger partial charge in [-0.1, -0.05) is 20.8 Å². The van der Waals surface area contributed by atoms with Crippen molar-refractivity contribution in [1.82, 2.24) is 0 Å². The average Bonchev–Trinajstić information content (AvgIpc) is 1.80. The lowest BCUT2D eigenvalue weighted by atomic mass is 9.96. The Labute approximate surface area is 62.0 Å². The molecule has 0 aliphatic heterocycles. The molecule has 0 aromatic heterocycles. The van der Waals surface area contributed by atoms with E-state index in [2.05, 4.69) is 4.74 Å². The van der Waals surface area contributed by atoms with E-state index in [4.69, 9.17) is 4.74 Å². The summed E-state index contributed by atoms with van der Waals surface area (Å²) in [6, 6.07) is 0. The van der Waals surface area contributed by atoms with Crippen LogP contribution in [-0.4, -0.2) is 20.2 Å².